The maximum atomic E-state index is 12.4. The van der Waals surface area contributed by atoms with Gasteiger partial charge in [-0.25, -0.2) is 0 Å². The average molecular weight is 263 g/mol. The second-order valence-electron chi connectivity index (χ2n) is 5.29. The van der Waals surface area contributed by atoms with E-state index in [4.69, 9.17) is 11.6 Å². The van der Waals surface area contributed by atoms with Crippen LogP contribution in [0.2, 0.25) is 5.02 Å². The molecule has 2 aliphatic carbocycles. The van der Waals surface area contributed by atoms with Crippen molar-refractivity contribution in [1.82, 2.24) is 0 Å². The molecule has 3 rings (SSSR count). The highest BCUT2D eigenvalue weighted by atomic mass is 35.5. The third kappa shape index (κ3) is 1.67. The third-order valence-corrected chi connectivity index (χ3v) is 4.40. The molecule has 1 saturated carbocycles. The summed E-state index contributed by atoms with van der Waals surface area (Å²) in [5.74, 6) is 0.631. The van der Waals surface area contributed by atoms with Gasteiger partial charge < -0.3 is 5.11 Å². The highest BCUT2D eigenvalue weighted by Gasteiger charge is 2.41. The zero-order valence-corrected chi connectivity index (χ0v) is 11.0. The summed E-state index contributed by atoms with van der Waals surface area (Å²) in [5.41, 5.74) is 2.28. The van der Waals surface area contributed by atoms with Gasteiger partial charge in [-0.3, -0.25) is 4.79 Å². The summed E-state index contributed by atoms with van der Waals surface area (Å²) < 4.78 is 0. The van der Waals surface area contributed by atoms with Crippen LogP contribution in [0.5, 0.6) is 0 Å². The fourth-order valence-corrected chi connectivity index (χ4v) is 3.31. The predicted octanol–water partition coefficient (Wildman–Crippen LogP) is 3.92. The fraction of sp³-hybridized carbons (Fsp3) is 0.400. The molecule has 1 aromatic carbocycles. The topological polar surface area (TPSA) is 37.3 Å². The molecule has 0 saturated heterocycles. The summed E-state index contributed by atoms with van der Waals surface area (Å²) in [6.07, 6.45) is 2.63. The molecule has 1 N–H and O–H groups in total. The first-order valence-corrected chi connectivity index (χ1v) is 6.69. The van der Waals surface area contributed by atoms with Crippen molar-refractivity contribution in [1.29, 1.82) is 0 Å². The summed E-state index contributed by atoms with van der Waals surface area (Å²) in [6, 6.07) is 5.48. The van der Waals surface area contributed by atoms with Crippen molar-refractivity contribution in [3.8, 4) is 0 Å². The van der Waals surface area contributed by atoms with Crippen molar-refractivity contribution in [2.24, 2.45) is 11.8 Å². The molecule has 1 fully saturated rings. The number of aryl methyl sites for hydroxylation is 1. The van der Waals surface area contributed by atoms with Crippen molar-refractivity contribution in [3.05, 3.63) is 40.1 Å². The fourth-order valence-electron chi connectivity index (χ4n) is 3.14. The van der Waals surface area contributed by atoms with Crippen molar-refractivity contribution in [3.63, 3.8) is 0 Å². The van der Waals surface area contributed by atoms with E-state index in [2.05, 4.69) is 0 Å². The molecule has 0 spiro atoms. The lowest BCUT2D eigenvalue weighted by Gasteiger charge is -2.22. The summed E-state index contributed by atoms with van der Waals surface area (Å²) >= 11 is 6.00. The quantitative estimate of drug-likeness (QED) is 0.833. The lowest BCUT2D eigenvalue weighted by atomic mass is 9.82. The van der Waals surface area contributed by atoms with Crippen LogP contribution in [0.15, 0.2) is 24.0 Å². The molecule has 3 heteroatoms. The maximum Gasteiger partial charge on any atom is 0.169 e. The number of allylic oxidation sites excluding steroid dienone is 2. The van der Waals surface area contributed by atoms with Crippen LogP contribution in [-0.4, -0.2) is 10.9 Å². The first kappa shape index (κ1) is 11.8. The van der Waals surface area contributed by atoms with E-state index < -0.39 is 0 Å². The van der Waals surface area contributed by atoms with Crippen LogP contribution >= 0.6 is 11.6 Å². The van der Waals surface area contributed by atoms with Gasteiger partial charge in [-0.05, 0) is 49.4 Å². The zero-order chi connectivity index (χ0) is 12.9. The Morgan fingerprint density at radius 1 is 1.28 bits per heavy atom. The number of aliphatic hydroxyl groups is 1. The van der Waals surface area contributed by atoms with Crippen LogP contribution in [0, 0.1) is 18.8 Å². The first-order chi connectivity index (χ1) is 8.58. The second kappa shape index (κ2) is 4.13. The van der Waals surface area contributed by atoms with Crippen LogP contribution in [0.4, 0.5) is 0 Å². The Balaban J connectivity index is 2.18. The van der Waals surface area contributed by atoms with Gasteiger partial charge in [0.05, 0.1) is 5.57 Å². The first-order valence-electron chi connectivity index (χ1n) is 6.32. The third-order valence-electron chi connectivity index (χ3n) is 4.16. The summed E-state index contributed by atoms with van der Waals surface area (Å²) in [6.45, 7) is 1.94. The number of aliphatic hydroxyl groups excluding tert-OH is 1. The number of halogens is 1. The molecule has 1 aromatic rings. The van der Waals surface area contributed by atoms with Crippen LogP contribution in [-0.2, 0) is 4.79 Å². The molecule has 2 atom stereocenters. The number of rotatable bonds is 1. The van der Waals surface area contributed by atoms with Gasteiger partial charge in [-0.1, -0.05) is 17.7 Å². The van der Waals surface area contributed by atoms with Gasteiger partial charge in [0.2, 0.25) is 0 Å². The molecular weight excluding hydrogens is 248 g/mol. The minimum atomic E-state index is 0.0895. The highest BCUT2D eigenvalue weighted by Crippen LogP contribution is 2.45. The normalized spacial score (nSPS) is 26.9. The lowest BCUT2D eigenvalue weighted by molar-refractivity contribution is -0.117. The number of hydrogen-bond acceptors (Lipinski definition) is 2. The van der Waals surface area contributed by atoms with Crippen LogP contribution < -0.4 is 0 Å². The second-order valence-corrected chi connectivity index (χ2v) is 5.73. The zero-order valence-electron chi connectivity index (χ0n) is 10.2. The summed E-state index contributed by atoms with van der Waals surface area (Å²) in [5, 5.41) is 10.9. The van der Waals surface area contributed by atoms with Crippen molar-refractivity contribution in [2.75, 3.05) is 0 Å². The number of carbonyl (C=O) groups is 1. The summed E-state index contributed by atoms with van der Waals surface area (Å²) in [7, 11) is 0. The van der Waals surface area contributed by atoms with Crippen molar-refractivity contribution < 1.29 is 9.90 Å². The van der Waals surface area contributed by atoms with Gasteiger partial charge in [0.25, 0.3) is 0 Å². The van der Waals surface area contributed by atoms with Gasteiger partial charge in [0.15, 0.2) is 5.78 Å². The van der Waals surface area contributed by atoms with E-state index in [0.717, 1.165) is 30.4 Å². The molecule has 2 unspecified atom stereocenters. The SMILES string of the molecule is Cc1ccc(Cl)cc1C1=C(O)C2CCC(C2)C1=O. The van der Waals surface area contributed by atoms with E-state index in [-0.39, 0.29) is 23.4 Å². The summed E-state index contributed by atoms with van der Waals surface area (Å²) in [4.78, 5) is 12.4. The number of Topliss-reactive ketones (excluding diaryl/α,β-unsaturated/α-hetero) is 1. The standard InChI is InChI=1S/C15H15ClO2/c1-8-2-5-11(16)7-12(8)13-14(17)9-3-4-10(6-9)15(13)18/h2,5,7,9-10,17H,3-4,6H2,1H3. The molecule has 18 heavy (non-hydrogen) atoms. The van der Waals surface area contributed by atoms with Gasteiger partial charge >= 0.3 is 0 Å². The predicted molar refractivity (Wildman–Crippen MR) is 71.6 cm³/mol. The molecule has 2 bridgehead atoms. The number of ketones is 1. The van der Waals surface area contributed by atoms with Crippen molar-refractivity contribution in [2.45, 2.75) is 26.2 Å². The minimum Gasteiger partial charge on any atom is -0.511 e. The smallest absolute Gasteiger partial charge is 0.169 e. The van der Waals surface area contributed by atoms with Crippen LogP contribution in [0.25, 0.3) is 5.57 Å². The monoisotopic (exact) mass is 262 g/mol. The van der Waals surface area contributed by atoms with E-state index in [9.17, 15) is 9.90 Å². The number of benzene rings is 1. The van der Waals surface area contributed by atoms with Gasteiger partial charge in [0.1, 0.15) is 5.76 Å². The molecule has 0 radical (unpaired) electrons. The van der Waals surface area contributed by atoms with Crippen molar-refractivity contribution >= 4 is 23.0 Å². The van der Waals surface area contributed by atoms with Crippen LogP contribution in [0.1, 0.15) is 30.4 Å². The number of fused-ring (bicyclic) bond motifs is 2. The molecule has 0 aliphatic heterocycles. The maximum absolute atomic E-state index is 12.4. The minimum absolute atomic E-state index is 0.0895. The van der Waals surface area contributed by atoms with Gasteiger partial charge in [-0.15, -0.1) is 0 Å². The van der Waals surface area contributed by atoms with E-state index in [1.165, 1.54) is 0 Å². The Kier molecular flexibility index (Phi) is 2.70. The lowest BCUT2D eigenvalue weighted by Crippen LogP contribution is -2.21. The number of carbonyl (C=O) groups excluding carboxylic acids is 1. The molecule has 0 heterocycles. The van der Waals surface area contributed by atoms with E-state index in [1.807, 2.05) is 13.0 Å². The van der Waals surface area contributed by atoms with E-state index >= 15 is 0 Å². The Morgan fingerprint density at radius 3 is 2.78 bits per heavy atom. The molecule has 0 aromatic heterocycles. The Labute approximate surface area is 111 Å². The van der Waals surface area contributed by atoms with Crippen LogP contribution in [0.3, 0.4) is 0 Å². The Hall–Kier alpha value is -1.28. The largest absolute Gasteiger partial charge is 0.511 e. The molecule has 0 amide bonds. The molecule has 2 nitrogen and oxygen atoms in total. The highest BCUT2D eigenvalue weighted by molar-refractivity contribution is 6.31. The number of hydrogen-bond donors (Lipinski definition) is 1. The van der Waals surface area contributed by atoms with E-state index in [1.54, 1.807) is 12.1 Å². The van der Waals surface area contributed by atoms with E-state index in [0.29, 0.717) is 10.6 Å². The van der Waals surface area contributed by atoms with Gasteiger partial charge in [0, 0.05) is 16.9 Å². The molecular formula is C15H15ClO2. The Morgan fingerprint density at radius 2 is 2.00 bits per heavy atom. The average Bonchev–Trinajstić information content (AvgIpc) is 2.78. The van der Waals surface area contributed by atoms with Gasteiger partial charge in [-0.2, -0.15) is 0 Å². The Bertz CT molecular complexity index is 560. The molecule has 2 aliphatic rings. The molecule has 94 valence electrons.